The maximum Gasteiger partial charge on any atom is 0.236 e. The molecular weight excluding hydrogens is 185 g/mol. The quantitative estimate of drug-likeness (QED) is 0.583. The van der Waals surface area contributed by atoms with E-state index in [0.29, 0.717) is 0 Å². The highest BCUT2D eigenvalue weighted by Crippen LogP contribution is 1.79. The molecule has 0 fully saturated rings. The van der Waals surface area contributed by atoms with E-state index in [2.05, 4.69) is 22.0 Å². The Hall–Kier alpha value is -1.21. The first kappa shape index (κ1) is 10.8. The molecule has 0 aliphatic heterocycles. The third kappa shape index (κ3) is 6.90. The first-order valence-corrected chi connectivity index (χ1v) is 3.81. The summed E-state index contributed by atoms with van der Waals surface area (Å²) in [4.78, 5) is 0. The van der Waals surface area contributed by atoms with Crippen molar-refractivity contribution in [2.45, 2.75) is 0 Å². The molecule has 1 atom stereocenters. The standard InChI is InChI=1S/C3H2FN3.C2H4O2S/c4-3-1-2-5-7-6-3;1-2-5(3)4/h1-2H;2H,1H2,(H,3,4)/p-1. The Balaban J connectivity index is 0.000000217. The molecule has 0 N–H and O–H groups in total. The Kier molecular flexibility index (Phi) is 5.84. The second-order valence-electron chi connectivity index (χ2n) is 1.37. The maximum atomic E-state index is 11.7. The van der Waals surface area contributed by atoms with Gasteiger partial charge in [-0.25, -0.2) is 0 Å². The average molecular weight is 190 g/mol. The van der Waals surface area contributed by atoms with Crippen LogP contribution < -0.4 is 0 Å². The van der Waals surface area contributed by atoms with Crippen molar-refractivity contribution in [3.8, 4) is 0 Å². The molecule has 0 spiro atoms. The van der Waals surface area contributed by atoms with E-state index in [9.17, 15) is 13.2 Å². The highest BCUT2D eigenvalue weighted by molar-refractivity contribution is 7.82. The third-order valence-electron chi connectivity index (χ3n) is 0.607. The lowest BCUT2D eigenvalue weighted by atomic mass is 10.7. The first-order valence-electron chi connectivity index (χ1n) is 2.67. The molecule has 66 valence electrons. The number of aromatic nitrogens is 3. The van der Waals surface area contributed by atoms with Crippen molar-refractivity contribution in [2.75, 3.05) is 0 Å². The van der Waals surface area contributed by atoms with E-state index in [1.165, 1.54) is 6.20 Å². The second kappa shape index (κ2) is 6.50. The fourth-order valence-electron chi connectivity index (χ4n) is 0.227. The van der Waals surface area contributed by atoms with Crippen LogP contribution in [0.2, 0.25) is 0 Å². The number of rotatable bonds is 1. The SMILES string of the molecule is C=CS(=O)[O-].Fc1ccnnn1. The summed E-state index contributed by atoms with van der Waals surface area (Å²) >= 11 is -2.06. The zero-order valence-electron chi connectivity index (χ0n) is 5.88. The Morgan fingerprint density at radius 2 is 2.33 bits per heavy atom. The Labute approximate surface area is 70.6 Å². The van der Waals surface area contributed by atoms with Crippen LogP contribution >= 0.6 is 0 Å². The summed E-state index contributed by atoms with van der Waals surface area (Å²) in [5, 5.41) is 10.0. The van der Waals surface area contributed by atoms with Crippen LogP contribution in [0, 0.1) is 5.95 Å². The number of halogens is 1. The number of hydrogen-bond acceptors (Lipinski definition) is 5. The molecule has 5 nitrogen and oxygen atoms in total. The molecule has 0 aromatic carbocycles. The molecule has 0 saturated heterocycles. The number of hydrogen-bond donors (Lipinski definition) is 0. The van der Waals surface area contributed by atoms with Crippen molar-refractivity contribution in [3.05, 3.63) is 30.2 Å². The lowest BCUT2D eigenvalue weighted by Crippen LogP contribution is -1.86. The molecule has 0 aliphatic carbocycles. The lowest BCUT2D eigenvalue weighted by Gasteiger charge is -1.88. The van der Waals surface area contributed by atoms with Crippen LogP contribution in [0.3, 0.4) is 0 Å². The summed E-state index contributed by atoms with van der Waals surface area (Å²) in [6.07, 6.45) is 1.24. The van der Waals surface area contributed by atoms with Crippen molar-refractivity contribution < 1.29 is 13.2 Å². The van der Waals surface area contributed by atoms with E-state index in [1.54, 1.807) is 0 Å². The van der Waals surface area contributed by atoms with Gasteiger partial charge < -0.3 is 4.55 Å². The lowest BCUT2D eigenvalue weighted by molar-refractivity contribution is 0.546. The van der Waals surface area contributed by atoms with Crippen molar-refractivity contribution in [2.24, 2.45) is 0 Å². The largest absolute Gasteiger partial charge is 0.769 e. The van der Waals surface area contributed by atoms with E-state index in [4.69, 9.17) is 0 Å². The highest BCUT2D eigenvalue weighted by Gasteiger charge is 1.81. The number of nitrogens with zero attached hydrogens (tertiary/aromatic N) is 3. The van der Waals surface area contributed by atoms with Crippen LogP contribution in [0.1, 0.15) is 0 Å². The summed E-state index contributed by atoms with van der Waals surface area (Å²) in [6, 6.07) is 1.13. The molecule has 0 radical (unpaired) electrons. The highest BCUT2D eigenvalue weighted by atomic mass is 32.2. The summed E-state index contributed by atoms with van der Waals surface area (Å²) in [7, 11) is 0. The molecular formula is C5H5FN3O2S-. The van der Waals surface area contributed by atoms with Gasteiger partial charge in [0.25, 0.3) is 0 Å². The Bertz CT molecular complexity index is 256. The molecule has 1 heterocycles. The van der Waals surface area contributed by atoms with E-state index in [1.807, 2.05) is 0 Å². The zero-order chi connectivity index (χ0) is 9.40. The second-order valence-corrected chi connectivity index (χ2v) is 2.22. The molecule has 12 heavy (non-hydrogen) atoms. The Morgan fingerprint density at radius 1 is 1.75 bits per heavy atom. The zero-order valence-corrected chi connectivity index (χ0v) is 6.70. The topological polar surface area (TPSA) is 78.8 Å². The van der Waals surface area contributed by atoms with Gasteiger partial charge in [0.05, 0.1) is 6.20 Å². The summed E-state index contributed by atoms with van der Waals surface area (Å²) < 4.78 is 30.2. The van der Waals surface area contributed by atoms with Gasteiger partial charge in [-0.15, -0.1) is 5.10 Å². The van der Waals surface area contributed by atoms with Gasteiger partial charge in [0, 0.05) is 6.07 Å². The van der Waals surface area contributed by atoms with Gasteiger partial charge in [-0.05, 0) is 21.7 Å². The van der Waals surface area contributed by atoms with Gasteiger partial charge in [-0.3, -0.25) is 4.21 Å². The molecule has 0 saturated carbocycles. The van der Waals surface area contributed by atoms with Crippen molar-refractivity contribution in [3.63, 3.8) is 0 Å². The van der Waals surface area contributed by atoms with E-state index in [0.717, 1.165) is 11.5 Å². The van der Waals surface area contributed by atoms with Crippen LogP contribution in [-0.4, -0.2) is 24.2 Å². The smallest absolute Gasteiger partial charge is 0.236 e. The normalized spacial score (nSPS) is 10.8. The molecule has 0 bridgehead atoms. The van der Waals surface area contributed by atoms with Gasteiger partial charge in [0.15, 0.2) is 0 Å². The van der Waals surface area contributed by atoms with Gasteiger partial charge in [0.2, 0.25) is 5.95 Å². The van der Waals surface area contributed by atoms with Gasteiger partial charge in [-0.2, -0.15) is 4.39 Å². The third-order valence-corrected chi connectivity index (χ3v) is 0.879. The predicted molar refractivity (Wildman–Crippen MR) is 38.9 cm³/mol. The minimum atomic E-state index is -2.06. The fraction of sp³-hybridized carbons (Fsp3) is 0. The van der Waals surface area contributed by atoms with Crippen molar-refractivity contribution >= 4 is 11.1 Å². The van der Waals surface area contributed by atoms with Gasteiger partial charge in [-0.1, -0.05) is 11.7 Å². The van der Waals surface area contributed by atoms with Crippen LogP contribution in [-0.2, 0) is 11.1 Å². The van der Waals surface area contributed by atoms with Crippen LogP contribution in [0.25, 0.3) is 0 Å². The Morgan fingerprint density at radius 3 is 2.50 bits per heavy atom. The molecule has 0 aliphatic rings. The van der Waals surface area contributed by atoms with Crippen molar-refractivity contribution in [1.82, 2.24) is 15.4 Å². The summed E-state index contributed by atoms with van der Waals surface area (Å²) in [5.74, 6) is -0.602. The van der Waals surface area contributed by atoms with E-state index < -0.39 is 17.0 Å². The molecule has 1 aromatic rings. The minimum Gasteiger partial charge on any atom is -0.769 e. The summed E-state index contributed by atoms with van der Waals surface area (Å²) in [5.41, 5.74) is 0. The molecule has 1 rings (SSSR count). The van der Waals surface area contributed by atoms with E-state index in [-0.39, 0.29) is 0 Å². The van der Waals surface area contributed by atoms with Gasteiger partial charge in [0.1, 0.15) is 0 Å². The fourth-order valence-corrected chi connectivity index (χ4v) is 0.227. The predicted octanol–water partition coefficient (Wildman–Crippen LogP) is 0.0197. The van der Waals surface area contributed by atoms with Crippen LogP contribution in [0.15, 0.2) is 24.3 Å². The van der Waals surface area contributed by atoms with Crippen LogP contribution in [0.5, 0.6) is 0 Å². The monoisotopic (exact) mass is 190 g/mol. The average Bonchev–Trinajstić information content (AvgIpc) is 2.07. The maximum absolute atomic E-state index is 11.7. The molecule has 1 unspecified atom stereocenters. The minimum absolute atomic E-state index is 0.602. The molecule has 0 amide bonds. The van der Waals surface area contributed by atoms with Gasteiger partial charge >= 0.3 is 0 Å². The van der Waals surface area contributed by atoms with Crippen molar-refractivity contribution in [1.29, 1.82) is 0 Å². The molecule has 7 heteroatoms. The van der Waals surface area contributed by atoms with Crippen LogP contribution in [0.4, 0.5) is 4.39 Å². The molecule has 1 aromatic heterocycles. The first-order chi connectivity index (χ1) is 5.66. The van der Waals surface area contributed by atoms with E-state index >= 15 is 0 Å². The summed E-state index contributed by atoms with van der Waals surface area (Å²) in [6.45, 7) is 2.95.